The van der Waals surface area contributed by atoms with Gasteiger partial charge in [-0.25, -0.2) is 18.5 Å². The number of hydrogen-bond acceptors (Lipinski definition) is 4. The minimum Gasteiger partial charge on any atom is -0.365 e. The van der Waals surface area contributed by atoms with Gasteiger partial charge in [-0.15, -0.1) is 0 Å². The average Bonchev–Trinajstić information content (AvgIpc) is 2.34. The molecule has 0 aliphatic carbocycles. The quantitative estimate of drug-likeness (QED) is 0.755. The molecule has 0 fully saturated rings. The van der Waals surface area contributed by atoms with Crippen LogP contribution in [0.25, 0.3) is 11.3 Å². The number of rotatable bonds is 2. The Morgan fingerprint density at radius 1 is 1.30 bits per heavy atom. The molecular weight excluding hydrogens is 393 g/mol. The molecule has 0 aliphatic rings. The molecule has 2 aromatic heterocycles. The van der Waals surface area contributed by atoms with Gasteiger partial charge in [0.15, 0.2) is 0 Å². The Morgan fingerprint density at radius 3 is 2.55 bits per heavy atom. The summed E-state index contributed by atoms with van der Waals surface area (Å²) >= 11 is 14.6. The van der Waals surface area contributed by atoms with E-state index in [9.17, 15) is 13.2 Å². The summed E-state index contributed by atoms with van der Waals surface area (Å²) < 4.78 is 23.5. The number of H-pyrrole nitrogens is 1. The van der Waals surface area contributed by atoms with Crippen molar-refractivity contribution in [1.82, 2.24) is 9.97 Å². The molecule has 0 bridgehead atoms. The number of halogens is 3. The van der Waals surface area contributed by atoms with Crippen molar-refractivity contribution < 1.29 is 8.42 Å². The van der Waals surface area contributed by atoms with Crippen molar-refractivity contribution in [3.63, 3.8) is 0 Å². The lowest BCUT2D eigenvalue weighted by Crippen LogP contribution is -2.17. The Balaban J connectivity index is 2.90. The van der Waals surface area contributed by atoms with E-state index in [2.05, 4.69) is 25.9 Å². The standard InChI is InChI=1S/C10H6BrCl2N3O3S/c11-5-1-7(20(14,18)19)8(16-10(5)13)4-2-15-3-6(12)9(4)17/h1-3H,(H,15,17)(H2,14,18,19). The van der Waals surface area contributed by atoms with Gasteiger partial charge in [-0.2, -0.15) is 0 Å². The maximum absolute atomic E-state index is 12.0. The van der Waals surface area contributed by atoms with Gasteiger partial charge in [0, 0.05) is 12.4 Å². The van der Waals surface area contributed by atoms with Crippen molar-refractivity contribution >= 4 is 49.2 Å². The monoisotopic (exact) mass is 397 g/mol. The van der Waals surface area contributed by atoms with Gasteiger partial charge in [-0.05, 0) is 22.0 Å². The van der Waals surface area contributed by atoms with Crippen molar-refractivity contribution in [2.45, 2.75) is 4.90 Å². The largest absolute Gasteiger partial charge is 0.365 e. The van der Waals surface area contributed by atoms with E-state index in [1.54, 1.807) is 0 Å². The molecule has 3 N–H and O–H groups in total. The first-order chi connectivity index (χ1) is 9.21. The first-order valence-corrected chi connectivity index (χ1v) is 8.07. The number of nitrogens with two attached hydrogens (primary N) is 1. The molecule has 0 saturated heterocycles. The molecule has 106 valence electrons. The summed E-state index contributed by atoms with van der Waals surface area (Å²) in [5, 5.41) is 5.01. The molecule has 2 aromatic rings. The molecule has 0 amide bonds. The summed E-state index contributed by atoms with van der Waals surface area (Å²) in [6.07, 6.45) is 2.54. The summed E-state index contributed by atoms with van der Waals surface area (Å²) in [5.41, 5.74) is -0.790. The van der Waals surface area contributed by atoms with E-state index in [-0.39, 0.29) is 30.8 Å². The minimum atomic E-state index is -4.10. The molecular formula is C10H6BrCl2N3O3S. The normalized spacial score (nSPS) is 11.6. The van der Waals surface area contributed by atoms with Crippen LogP contribution in [0, 0.1) is 0 Å². The highest BCUT2D eigenvalue weighted by Gasteiger charge is 2.21. The van der Waals surface area contributed by atoms with E-state index in [0.717, 1.165) is 0 Å². The van der Waals surface area contributed by atoms with Crippen LogP contribution in [0.5, 0.6) is 0 Å². The number of aromatic nitrogens is 2. The van der Waals surface area contributed by atoms with Crippen LogP contribution in [0.3, 0.4) is 0 Å². The molecule has 0 radical (unpaired) electrons. The van der Waals surface area contributed by atoms with Crippen LogP contribution in [0.4, 0.5) is 0 Å². The van der Waals surface area contributed by atoms with Crippen molar-refractivity contribution in [1.29, 1.82) is 0 Å². The van der Waals surface area contributed by atoms with Crippen LogP contribution in [0.15, 0.2) is 32.6 Å². The van der Waals surface area contributed by atoms with Gasteiger partial charge in [0.2, 0.25) is 15.5 Å². The molecule has 20 heavy (non-hydrogen) atoms. The zero-order valence-corrected chi connectivity index (χ0v) is 13.4. The predicted octanol–water partition coefficient (Wildman–Crippen LogP) is 2.15. The number of aromatic amines is 1. The molecule has 0 unspecified atom stereocenters. The van der Waals surface area contributed by atoms with Crippen LogP contribution in [-0.4, -0.2) is 18.4 Å². The fourth-order valence-corrected chi connectivity index (χ4v) is 2.97. The number of sulfonamides is 1. The van der Waals surface area contributed by atoms with Crippen LogP contribution in [-0.2, 0) is 10.0 Å². The maximum Gasteiger partial charge on any atom is 0.240 e. The van der Waals surface area contributed by atoms with Crippen LogP contribution < -0.4 is 10.6 Å². The average molecular weight is 399 g/mol. The third kappa shape index (κ3) is 2.89. The van der Waals surface area contributed by atoms with E-state index in [1.807, 2.05) is 0 Å². The molecule has 0 spiro atoms. The number of nitrogens with one attached hydrogen (secondary N) is 1. The number of nitrogens with zero attached hydrogens (tertiary/aromatic N) is 1. The first kappa shape index (κ1) is 15.5. The van der Waals surface area contributed by atoms with Crippen LogP contribution in [0.2, 0.25) is 10.2 Å². The highest BCUT2D eigenvalue weighted by molar-refractivity contribution is 9.10. The van der Waals surface area contributed by atoms with Gasteiger partial charge in [0.05, 0.1) is 15.7 Å². The second kappa shape index (κ2) is 5.45. The lowest BCUT2D eigenvalue weighted by molar-refractivity contribution is 0.597. The molecule has 2 rings (SSSR count). The molecule has 0 atom stereocenters. The maximum atomic E-state index is 12.0. The smallest absolute Gasteiger partial charge is 0.240 e. The van der Waals surface area contributed by atoms with Gasteiger partial charge in [-0.3, -0.25) is 4.79 Å². The summed E-state index contributed by atoms with van der Waals surface area (Å²) in [7, 11) is -4.10. The third-order valence-electron chi connectivity index (χ3n) is 2.36. The van der Waals surface area contributed by atoms with Gasteiger partial charge in [0.25, 0.3) is 0 Å². The Labute approximate surface area is 132 Å². The number of hydrogen-bond donors (Lipinski definition) is 2. The Morgan fingerprint density at radius 2 is 1.95 bits per heavy atom. The SMILES string of the molecule is NS(=O)(=O)c1cc(Br)c(Cl)nc1-c1c[nH]cc(Cl)c1=O. The second-order valence-corrected chi connectivity index (χ2v) is 6.85. The first-order valence-electron chi connectivity index (χ1n) is 4.97. The Hall–Kier alpha value is -0.930. The van der Waals surface area contributed by atoms with Crippen molar-refractivity contribution in [3.8, 4) is 11.3 Å². The molecule has 10 heteroatoms. The molecule has 0 aliphatic heterocycles. The summed E-state index contributed by atoms with van der Waals surface area (Å²) in [4.78, 5) is 18.1. The summed E-state index contributed by atoms with van der Waals surface area (Å²) in [6, 6.07) is 1.18. The topological polar surface area (TPSA) is 106 Å². The van der Waals surface area contributed by atoms with Crippen molar-refractivity contribution in [2.24, 2.45) is 5.14 Å². The highest BCUT2D eigenvalue weighted by Crippen LogP contribution is 2.30. The third-order valence-corrected chi connectivity index (χ3v) is 4.69. The summed E-state index contributed by atoms with van der Waals surface area (Å²) in [6.45, 7) is 0. The minimum absolute atomic E-state index is 0.00762. The molecule has 6 nitrogen and oxygen atoms in total. The molecule has 0 saturated carbocycles. The number of pyridine rings is 2. The van der Waals surface area contributed by atoms with E-state index in [1.165, 1.54) is 18.5 Å². The van der Waals surface area contributed by atoms with Crippen LogP contribution in [0.1, 0.15) is 0 Å². The van der Waals surface area contributed by atoms with E-state index < -0.39 is 15.5 Å². The predicted molar refractivity (Wildman–Crippen MR) is 79.4 cm³/mol. The molecule has 0 aromatic carbocycles. The zero-order valence-electron chi connectivity index (χ0n) is 9.52. The highest BCUT2D eigenvalue weighted by atomic mass is 79.9. The van der Waals surface area contributed by atoms with Crippen LogP contribution >= 0.6 is 39.1 Å². The van der Waals surface area contributed by atoms with Gasteiger partial charge in [0.1, 0.15) is 15.1 Å². The summed E-state index contributed by atoms with van der Waals surface area (Å²) in [5.74, 6) is 0. The van der Waals surface area contributed by atoms with E-state index in [4.69, 9.17) is 28.3 Å². The second-order valence-electron chi connectivity index (χ2n) is 3.70. The van der Waals surface area contributed by atoms with Crippen molar-refractivity contribution in [3.05, 3.63) is 43.3 Å². The fraction of sp³-hybridized carbons (Fsp3) is 0. The van der Waals surface area contributed by atoms with E-state index in [0.29, 0.717) is 0 Å². The zero-order chi connectivity index (χ0) is 15.1. The van der Waals surface area contributed by atoms with Gasteiger partial charge >= 0.3 is 0 Å². The van der Waals surface area contributed by atoms with Gasteiger partial charge < -0.3 is 4.98 Å². The Kier molecular flexibility index (Phi) is 4.22. The Bertz CT molecular complexity index is 851. The van der Waals surface area contributed by atoms with Gasteiger partial charge in [-0.1, -0.05) is 23.2 Å². The number of primary sulfonamides is 1. The lowest BCUT2D eigenvalue weighted by Gasteiger charge is -2.08. The lowest BCUT2D eigenvalue weighted by atomic mass is 10.2. The van der Waals surface area contributed by atoms with E-state index >= 15 is 0 Å². The fourth-order valence-electron chi connectivity index (χ4n) is 1.49. The van der Waals surface area contributed by atoms with Crippen molar-refractivity contribution in [2.75, 3.05) is 0 Å². The molecule has 2 heterocycles.